The van der Waals surface area contributed by atoms with Crippen molar-refractivity contribution in [2.24, 2.45) is 0 Å². The molecule has 2 aromatic rings. The smallest absolute Gasteiger partial charge is 0.226 e. The van der Waals surface area contributed by atoms with Crippen LogP contribution in [-0.4, -0.2) is 32.4 Å². The van der Waals surface area contributed by atoms with E-state index in [9.17, 15) is 4.79 Å². The van der Waals surface area contributed by atoms with E-state index < -0.39 is 0 Å². The highest BCUT2D eigenvalue weighted by atomic mass is 35.5. The van der Waals surface area contributed by atoms with Crippen LogP contribution in [0.15, 0.2) is 17.8 Å². The molecule has 1 N–H and O–H groups in total. The Kier molecular flexibility index (Phi) is 5.29. The van der Waals surface area contributed by atoms with Crippen LogP contribution in [0.2, 0.25) is 0 Å². The van der Waals surface area contributed by atoms with Crippen molar-refractivity contribution < 1.29 is 4.79 Å². The molecule has 0 saturated carbocycles. The average Bonchev–Trinajstić information content (AvgIpc) is 3.05. The first kappa shape index (κ1) is 14.0. The number of rotatable bonds is 7. The van der Waals surface area contributed by atoms with Crippen molar-refractivity contribution in [1.29, 1.82) is 0 Å². The molecule has 102 valence electrons. The Balaban J connectivity index is 1.64. The summed E-state index contributed by atoms with van der Waals surface area (Å²) in [5.41, 5.74) is 0.820. The first-order valence-electron chi connectivity index (χ1n) is 5.88. The molecule has 19 heavy (non-hydrogen) atoms. The van der Waals surface area contributed by atoms with Gasteiger partial charge in [0.25, 0.3) is 0 Å². The number of amides is 1. The third-order valence-corrected chi connectivity index (χ3v) is 3.58. The largest absolute Gasteiger partial charge is 0.356 e. The van der Waals surface area contributed by atoms with E-state index in [4.69, 9.17) is 11.6 Å². The quantitative estimate of drug-likeness (QED) is 0.616. The monoisotopic (exact) mass is 299 g/mol. The molecular weight excluding hydrogens is 286 g/mol. The number of hydrogen-bond donors (Lipinski definition) is 1. The molecule has 1 amide bonds. The number of thiazole rings is 1. The van der Waals surface area contributed by atoms with Crippen LogP contribution in [0, 0.1) is 0 Å². The van der Waals surface area contributed by atoms with Crippen LogP contribution in [0.4, 0.5) is 0 Å². The predicted octanol–water partition coefficient (Wildman–Crippen LogP) is 1.22. The number of aryl methyl sites for hydroxylation is 1. The van der Waals surface area contributed by atoms with Gasteiger partial charge in [-0.05, 0) is 6.42 Å². The van der Waals surface area contributed by atoms with Gasteiger partial charge in [-0.2, -0.15) is 0 Å². The van der Waals surface area contributed by atoms with Crippen LogP contribution < -0.4 is 5.32 Å². The van der Waals surface area contributed by atoms with Crippen molar-refractivity contribution in [3.05, 3.63) is 28.5 Å². The Morgan fingerprint density at radius 2 is 2.42 bits per heavy atom. The minimum Gasteiger partial charge on any atom is -0.356 e. The van der Waals surface area contributed by atoms with Gasteiger partial charge in [0.05, 0.1) is 24.2 Å². The zero-order valence-electron chi connectivity index (χ0n) is 10.3. The molecule has 0 spiro atoms. The van der Waals surface area contributed by atoms with Gasteiger partial charge < -0.3 is 5.32 Å². The molecule has 0 saturated heterocycles. The SMILES string of the molecule is O=C(Cc1nc(CCl)cs1)NCCCn1ccnn1. The summed E-state index contributed by atoms with van der Waals surface area (Å²) in [7, 11) is 0. The maximum absolute atomic E-state index is 11.7. The van der Waals surface area contributed by atoms with Crippen molar-refractivity contribution >= 4 is 28.8 Å². The van der Waals surface area contributed by atoms with Crippen molar-refractivity contribution in [3.8, 4) is 0 Å². The maximum Gasteiger partial charge on any atom is 0.226 e. The van der Waals surface area contributed by atoms with Gasteiger partial charge in [-0.3, -0.25) is 9.48 Å². The summed E-state index contributed by atoms with van der Waals surface area (Å²) in [5.74, 6) is 0.366. The first-order chi connectivity index (χ1) is 9.28. The molecule has 0 aliphatic rings. The summed E-state index contributed by atoms with van der Waals surface area (Å²) < 4.78 is 1.74. The van der Waals surface area contributed by atoms with Gasteiger partial charge in [0.2, 0.25) is 5.91 Å². The van der Waals surface area contributed by atoms with Gasteiger partial charge in [0.1, 0.15) is 5.01 Å². The van der Waals surface area contributed by atoms with Crippen LogP contribution in [0.25, 0.3) is 0 Å². The molecule has 0 aliphatic carbocycles. The first-order valence-corrected chi connectivity index (χ1v) is 7.29. The lowest BCUT2D eigenvalue weighted by Gasteiger charge is -2.03. The van der Waals surface area contributed by atoms with E-state index in [1.807, 2.05) is 5.38 Å². The summed E-state index contributed by atoms with van der Waals surface area (Å²) >= 11 is 7.12. The molecule has 2 rings (SSSR count). The van der Waals surface area contributed by atoms with E-state index in [0.717, 1.165) is 23.7 Å². The molecule has 0 fully saturated rings. The third-order valence-electron chi connectivity index (χ3n) is 2.41. The minimum atomic E-state index is -0.0194. The lowest BCUT2D eigenvalue weighted by molar-refractivity contribution is -0.120. The van der Waals surface area contributed by atoms with Crippen LogP contribution in [0.5, 0.6) is 0 Å². The summed E-state index contributed by atoms with van der Waals surface area (Å²) in [6, 6.07) is 0. The maximum atomic E-state index is 11.7. The second-order valence-electron chi connectivity index (χ2n) is 3.91. The van der Waals surface area contributed by atoms with Crippen LogP contribution in [-0.2, 0) is 23.6 Å². The Hall–Kier alpha value is -1.47. The summed E-state index contributed by atoms with van der Waals surface area (Å²) in [6.45, 7) is 1.36. The number of hydrogen-bond acceptors (Lipinski definition) is 5. The van der Waals surface area contributed by atoms with E-state index in [0.29, 0.717) is 18.8 Å². The second-order valence-corrected chi connectivity index (χ2v) is 5.12. The van der Waals surface area contributed by atoms with Gasteiger partial charge in [-0.15, -0.1) is 28.0 Å². The van der Waals surface area contributed by atoms with Gasteiger partial charge in [0, 0.05) is 24.7 Å². The van der Waals surface area contributed by atoms with Crippen molar-refractivity contribution in [3.63, 3.8) is 0 Å². The fourth-order valence-corrected chi connectivity index (χ4v) is 2.53. The molecule has 0 radical (unpaired) electrons. The Labute approximate surface area is 119 Å². The molecule has 2 aromatic heterocycles. The van der Waals surface area contributed by atoms with Gasteiger partial charge in [-0.25, -0.2) is 4.98 Å². The highest BCUT2D eigenvalue weighted by Gasteiger charge is 2.07. The molecule has 0 unspecified atom stereocenters. The number of halogens is 1. The van der Waals surface area contributed by atoms with Crippen LogP contribution in [0.3, 0.4) is 0 Å². The number of carbonyl (C=O) groups is 1. The topological polar surface area (TPSA) is 72.7 Å². The average molecular weight is 300 g/mol. The fourth-order valence-electron chi connectivity index (χ4n) is 1.51. The van der Waals surface area contributed by atoms with E-state index in [1.54, 1.807) is 17.1 Å². The van der Waals surface area contributed by atoms with Crippen LogP contribution in [0.1, 0.15) is 17.1 Å². The molecule has 0 atom stereocenters. The third kappa shape index (κ3) is 4.60. The van der Waals surface area contributed by atoms with Crippen molar-refractivity contribution in [1.82, 2.24) is 25.3 Å². The number of nitrogens with zero attached hydrogens (tertiary/aromatic N) is 4. The zero-order chi connectivity index (χ0) is 13.5. The lowest BCUT2D eigenvalue weighted by atomic mass is 10.3. The van der Waals surface area contributed by atoms with E-state index in [1.165, 1.54) is 11.3 Å². The minimum absolute atomic E-state index is 0.0194. The van der Waals surface area contributed by atoms with Gasteiger partial charge in [-0.1, -0.05) is 5.21 Å². The van der Waals surface area contributed by atoms with Crippen LogP contribution >= 0.6 is 22.9 Å². The lowest BCUT2D eigenvalue weighted by Crippen LogP contribution is -2.26. The van der Waals surface area contributed by atoms with Crippen molar-refractivity contribution in [2.75, 3.05) is 6.54 Å². The Morgan fingerprint density at radius 1 is 1.53 bits per heavy atom. The number of alkyl halides is 1. The van der Waals surface area contributed by atoms with Gasteiger partial charge >= 0.3 is 0 Å². The molecule has 6 nitrogen and oxygen atoms in total. The molecule has 0 aliphatic heterocycles. The standard InChI is InChI=1S/C11H14ClN5OS/c12-7-9-8-19-11(15-9)6-10(18)13-2-1-4-17-5-3-14-16-17/h3,5,8H,1-2,4,6-7H2,(H,13,18). The summed E-state index contributed by atoms with van der Waals surface area (Å²) in [4.78, 5) is 15.9. The van der Waals surface area contributed by atoms with E-state index >= 15 is 0 Å². The molecular formula is C11H14ClN5OS. The molecule has 0 aromatic carbocycles. The normalized spacial score (nSPS) is 10.6. The molecule has 0 bridgehead atoms. The van der Waals surface area contributed by atoms with E-state index in [2.05, 4.69) is 20.6 Å². The van der Waals surface area contributed by atoms with E-state index in [-0.39, 0.29) is 5.91 Å². The summed E-state index contributed by atoms with van der Waals surface area (Å²) in [6.07, 6.45) is 4.56. The Bertz CT molecular complexity index is 513. The Morgan fingerprint density at radius 3 is 3.11 bits per heavy atom. The summed E-state index contributed by atoms with van der Waals surface area (Å²) in [5, 5.41) is 13.1. The molecule has 8 heteroatoms. The number of nitrogens with one attached hydrogen (secondary N) is 1. The number of carbonyl (C=O) groups excluding carboxylic acids is 1. The fraction of sp³-hybridized carbons (Fsp3) is 0.455. The highest BCUT2D eigenvalue weighted by molar-refractivity contribution is 7.09. The van der Waals surface area contributed by atoms with Gasteiger partial charge in [0.15, 0.2) is 0 Å². The predicted molar refractivity (Wildman–Crippen MR) is 73.0 cm³/mol. The second kappa shape index (κ2) is 7.20. The molecule has 2 heterocycles. The number of aromatic nitrogens is 4. The zero-order valence-corrected chi connectivity index (χ0v) is 11.8. The highest BCUT2D eigenvalue weighted by Crippen LogP contribution is 2.11. The van der Waals surface area contributed by atoms with Crippen molar-refractivity contribution in [2.45, 2.75) is 25.3 Å².